The van der Waals surface area contributed by atoms with Gasteiger partial charge in [0, 0.05) is 22.3 Å². The molecule has 4 heteroatoms. The van der Waals surface area contributed by atoms with Gasteiger partial charge in [0.2, 0.25) is 0 Å². The van der Waals surface area contributed by atoms with E-state index in [1.54, 1.807) is 0 Å². The molecule has 1 atom stereocenters. The molecule has 1 saturated heterocycles. The van der Waals surface area contributed by atoms with Crippen LogP contribution in [0.2, 0.25) is 0 Å². The molecule has 0 aromatic carbocycles. The van der Waals surface area contributed by atoms with E-state index in [1.807, 2.05) is 6.20 Å². The molecule has 0 radical (unpaired) electrons. The van der Waals surface area contributed by atoms with E-state index in [4.69, 9.17) is 0 Å². The van der Waals surface area contributed by atoms with E-state index in [0.29, 0.717) is 11.6 Å². The number of nitrogens with one attached hydrogen (secondary N) is 2. The summed E-state index contributed by atoms with van der Waals surface area (Å²) in [4.78, 5) is 4.49. The number of aromatic nitrogens is 1. The molecule has 2 N–H and O–H groups in total. The van der Waals surface area contributed by atoms with Gasteiger partial charge in [-0.05, 0) is 73.1 Å². The molecule has 1 aliphatic carbocycles. The van der Waals surface area contributed by atoms with Crippen molar-refractivity contribution in [1.82, 2.24) is 10.3 Å². The Bertz CT molecular complexity index is 443. The fourth-order valence-electron chi connectivity index (χ4n) is 3.15. The molecular formula is C14H20BrN3. The monoisotopic (exact) mass is 309 g/mol. The normalized spacial score (nSPS) is 25.8. The van der Waals surface area contributed by atoms with Crippen molar-refractivity contribution in [3.8, 4) is 0 Å². The van der Waals surface area contributed by atoms with Crippen LogP contribution in [-0.4, -0.2) is 23.1 Å². The van der Waals surface area contributed by atoms with Gasteiger partial charge in [-0.1, -0.05) is 0 Å². The Morgan fingerprint density at radius 2 is 2.33 bits per heavy atom. The first kappa shape index (κ1) is 12.4. The minimum Gasteiger partial charge on any atom is -0.367 e. The average Bonchev–Trinajstić information content (AvgIpc) is 2.31. The van der Waals surface area contributed by atoms with Crippen LogP contribution in [0.25, 0.3) is 0 Å². The van der Waals surface area contributed by atoms with Crippen LogP contribution in [0, 0.1) is 6.92 Å². The zero-order valence-corrected chi connectivity index (χ0v) is 12.4. The Hall–Kier alpha value is -0.610. The number of anilines is 1. The Balaban J connectivity index is 1.68. The average molecular weight is 310 g/mol. The second-order valence-corrected chi connectivity index (χ2v) is 6.63. The first-order chi connectivity index (χ1) is 8.67. The summed E-state index contributed by atoms with van der Waals surface area (Å²) in [6.07, 6.45) is 8.38. The van der Waals surface area contributed by atoms with Gasteiger partial charge in [-0.2, -0.15) is 0 Å². The minimum atomic E-state index is 0.444. The predicted molar refractivity (Wildman–Crippen MR) is 77.9 cm³/mol. The number of rotatable bonds is 2. The van der Waals surface area contributed by atoms with Crippen molar-refractivity contribution in [3.63, 3.8) is 0 Å². The lowest BCUT2D eigenvalue weighted by atomic mass is 9.70. The van der Waals surface area contributed by atoms with Crippen LogP contribution in [0.15, 0.2) is 16.7 Å². The number of hydrogen-bond donors (Lipinski definition) is 2. The second-order valence-electron chi connectivity index (χ2n) is 5.71. The molecule has 1 spiro atoms. The summed E-state index contributed by atoms with van der Waals surface area (Å²) in [6, 6.07) is 2.69. The molecule has 2 fully saturated rings. The zero-order chi connectivity index (χ0) is 12.6. The maximum atomic E-state index is 4.49. The van der Waals surface area contributed by atoms with E-state index in [9.17, 15) is 0 Å². The Kier molecular flexibility index (Phi) is 3.32. The summed E-state index contributed by atoms with van der Waals surface area (Å²) >= 11 is 3.46. The van der Waals surface area contributed by atoms with Gasteiger partial charge in [0.05, 0.1) is 0 Å². The van der Waals surface area contributed by atoms with Gasteiger partial charge in [-0.25, -0.2) is 4.98 Å². The standard InChI is InChI=1S/C14H20BrN3/c1-10-7-11(15)9-16-13(10)18-12-3-6-17-14(8-12)4-2-5-14/h7,9,12,17H,2-6,8H2,1H3,(H,16,18). The maximum Gasteiger partial charge on any atom is 0.129 e. The largest absolute Gasteiger partial charge is 0.367 e. The van der Waals surface area contributed by atoms with Crippen molar-refractivity contribution in [2.75, 3.05) is 11.9 Å². The molecule has 1 unspecified atom stereocenters. The van der Waals surface area contributed by atoms with E-state index >= 15 is 0 Å². The number of halogens is 1. The summed E-state index contributed by atoms with van der Waals surface area (Å²) in [5.41, 5.74) is 1.66. The summed E-state index contributed by atoms with van der Waals surface area (Å²) in [7, 11) is 0. The van der Waals surface area contributed by atoms with Crippen molar-refractivity contribution in [1.29, 1.82) is 0 Å². The second kappa shape index (κ2) is 4.82. The van der Waals surface area contributed by atoms with Crippen LogP contribution in [0.1, 0.15) is 37.7 Å². The van der Waals surface area contributed by atoms with Gasteiger partial charge >= 0.3 is 0 Å². The molecule has 98 valence electrons. The molecule has 2 heterocycles. The van der Waals surface area contributed by atoms with Crippen LogP contribution < -0.4 is 10.6 Å². The van der Waals surface area contributed by atoms with Crippen molar-refractivity contribution >= 4 is 21.7 Å². The number of pyridine rings is 1. The van der Waals surface area contributed by atoms with E-state index in [2.05, 4.69) is 44.5 Å². The van der Waals surface area contributed by atoms with Gasteiger partial charge in [-0.15, -0.1) is 0 Å². The van der Waals surface area contributed by atoms with E-state index < -0.39 is 0 Å². The highest BCUT2D eigenvalue weighted by Gasteiger charge is 2.40. The first-order valence-electron chi connectivity index (χ1n) is 6.81. The third-order valence-electron chi connectivity index (χ3n) is 4.33. The third-order valence-corrected chi connectivity index (χ3v) is 4.76. The van der Waals surface area contributed by atoms with Crippen LogP contribution in [-0.2, 0) is 0 Å². The molecule has 1 aromatic heterocycles. The predicted octanol–water partition coefficient (Wildman–Crippen LogP) is 3.24. The molecule has 18 heavy (non-hydrogen) atoms. The highest BCUT2D eigenvalue weighted by molar-refractivity contribution is 9.10. The van der Waals surface area contributed by atoms with Crippen LogP contribution in [0.5, 0.6) is 0 Å². The molecule has 1 aliphatic heterocycles. The third kappa shape index (κ3) is 2.41. The SMILES string of the molecule is Cc1cc(Br)cnc1NC1CCNC2(CCC2)C1. The van der Waals surface area contributed by atoms with Crippen LogP contribution in [0.3, 0.4) is 0 Å². The fourth-order valence-corrected chi connectivity index (χ4v) is 3.60. The summed E-state index contributed by atoms with van der Waals surface area (Å²) in [5, 5.41) is 7.33. The van der Waals surface area contributed by atoms with E-state index in [0.717, 1.165) is 16.8 Å². The molecule has 2 aliphatic rings. The molecule has 0 bridgehead atoms. The molecule has 1 aromatic rings. The molecular weight excluding hydrogens is 290 g/mol. The van der Waals surface area contributed by atoms with Gasteiger partial charge in [0.15, 0.2) is 0 Å². The highest BCUT2D eigenvalue weighted by atomic mass is 79.9. The molecule has 3 nitrogen and oxygen atoms in total. The van der Waals surface area contributed by atoms with Gasteiger partial charge < -0.3 is 10.6 Å². The van der Waals surface area contributed by atoms with Crippen molar-refractivity contribution in [3.05, 3.63) is 22.3 Å². The van der Waals surface area contributed by atoms with E-state index in [1.165, 1.54) is 37.7 Å². The topological polar surface area (TPSA) is 37.0 Å². The van der Waals surface area contributed by atoms with Crippen LogP contribution >= 0.6 is 15.9 Å². The van der Waals surface area contributed by atoms with Gasteiger partial charge in [0.25, 0.3) is 0 Å². The van der Waals surface area contributed by atoms with Crippen molar-refractivity contribution in [2.45, 2.75) is 50.6 Å². The highest BCUT2D eigenvalue weighted by Crippen LogP contribution is 2.39. The summed E-state index contributed by atoms with van der Waals surface area (Å²) in [5.74, 6) is 1.04. The number of nitrogens with zero attached hydrogens (tertiary/aromatic N) is 1. The van der Waals surface area contributed by atoms with Crippen LogP contribution in [0.4, 0.5) is 5.82 Å². The fraction of sp³-hybridized carbons (Fsp3) is 0.643. The van der Waals surface area contributed by atoms with Crippen molar-refractivity contribution < 1.29 is 0 Å². The van der Waals surface area contributed by atoms with Gasteiger partial charge in [0.1, 0.15) is 5.82 Å². The Morgan fingerprint density at radius 3 is 3.00 bits per heavy atom. The number of hydrogen-bond acceptors (Lipinski definition) is 3. The Labute approximate surface area is 117 Å². The quantitative estimate of drug-likeness (QED) is 0.880. The summed E-state index contributed by atoms with van der Waals surface area (Å²) in [6.45, 7) is 3.24. The number of aryl methyl sites for hydroxylation is 1. The lowest BCUT2D eigenvalue weighted by molar-refractivity contribution is 0.135. The van der Waals surface area contributed by atoms with Crippen molar-refractivity contribution in [2.24, 2.45) is 0 Å². The molecule has 0 amide bonds. The minimum absolute atomic E-state index is 0.444. The zero-order valence-electron chi connectivity index (χ0n) is 10.8. The first-order valence-corrected chi connectivity index (χ1v) is 7.60. The molecule has 1 saturated carbocycles. The summed E-state index contributed by atoms with van der Waals surface area (Å²) < 4.78 is 1.05. The lowest BCUT2D eigenvalue weighted by Crippen LogP contribution is -2.58. The van der Waals surface area contributed by atoms with E-state index in [-0.39, 0.29) is 0 Å². The smallest absolute Gasteiger partial charge is 0.129 e. The van der Waals surface area contributed by atoms with Gasteiger partial charge in [-0.3, -0.25) is 0 Å². The number of piperidine rings is 1. The molecule has 3 rings (SSSR count). The lowest BCUT2D eigenvalue weighted by Gasteiger charge is -2.48. The maximum absolute atomic E-state index is 4.49. The Morgan fingerprint density at radius 1 is 1.50 bits per heavy atom.